The van der Waals surface area contributed by atoms with Crippen molar-refractivity contribution in [2.75, 3.05) is 0 Å². The SMILES string of the molecule is Cc1cc2c(cc1C#CCC=O)C(C)(C)CCC2(C)C. The number of hydrogen-bond donors (Lipinski definition) is 0. The van der Waals surface area contributed by atoms with Gasteiger partial charge in [0.25, 0.3) is 0 Å². The summed E-state index contributed by atoms with van der Waals surface area (Å²) in [5, 5.41) is 0. The molecule has 0 amide bonds. The first-order chi connectivity index (χ1) is 9.28. The van der Waals surface area contributed by atoms with Gasteiger partial charge in [-0.25, -0.2) is 0 Å². The Balaban J connectivity index is 2.58. The monoisotopic (exact) mass is 268 g/mol. The van der Waals surface area contributed by atoms with Crippen LogP contribution in [-0.2, 0) is 15.6 Å². The van der Waals surface area contributed by atoms with Crippen molar-refractivity contribution in [1.82, 2.24) is 0 Å². The molecule has 0 saturated carbocycles. The standard InChI is InChI=1S/C19H24O/c1-14-12-16-17(13-15(14)8-6-7-11-20)19(4,5)10-9-18(16,2)3/h11-13H,7,9-10H2,1-5H3. The van der Waals surface area contributed by atoms with Crippen LogP contribution in [0.5, 0.6) is 0 Å². The summed E-state index contributed by atoms with van der Waals surface area (Å²) in [6.07, 6.45) is 3.60. The first-order valence-electron chi connectivity index (χ1n) is 7.36. The van der Waals surface area contributed by atoms with E-state index < -0.39 is 0 Å². The number of benzene rings is 1. The highest BCUT2D eigenvalue weighted by Gasteiger charge is 2.37. The van der Waals surface area contributed by atoms with Gasteiger partial charge in [-0.3, -0.25) is 0 Å². The highest BCUT2D eigenvalue weighted by atomic mass is 16.1. The van der Waals surface area contributed by atoms with E-state index in [1.54, 1.807) is 0 Å². The molecule has 0 radical (unpaired) electrons. The van der Waals surface area contributed by atoms with E-state index in [-0.39, 0.29) is 10.8 Å². The molecule has 1 aromatic rings. The van der Waals surface area contributed by atoms with Crippen LogP contribution in [0, 0.1) is 18.8 Å². The Labute approximate surface area is 122 Å². The van der Waals surface area contributed by atoms with Crippen LogP contribution in [0.15, 0.2) is 12.1 Å². The fourth-order valence-corrected chi connectivity index (χ4v) is 3.04. The molecule has 1 aliphatic carbocycles. The van der Waals surface area contributed by atoms with Crippen LogP contribution in [0.2, 0.25) is 0 Å². The molecule has 1 nitrogen and oxygen atoms in total. The van der Waals surface area contributed by atoms with Crippen LogP contribution in [0.3, 0.4) is 0 Å². The Morgan fingerprint density at radius 1 is 1.10 bits per heavy atom. The number of aldehydes is 1. The van der Waals surface area contributed by atoms with Gasteiger partial charge in [0.2, 0.25) is 0 Å². The molecule has 0 atom stereocenters. The molecule has 1 heteroatoms. The molecule has 2 rings (SSSR count). The van der Waals surface area contributed by atoms with Crippen molar-refractivity contribution >= 4 is 6.29 Å². The molecule has 0 N–H and O–H groups in total. The van der Waals surface area contributed by atoms with E-state index >= 15 is 0 Å². The molecular weight excluding hydrogens is 244 g/mol. The third kappa shape index (κ3) is 2.66. The van der Waals surface area contributed by atoms with Crippen LogP contribution >= 0.6 is 0 Å². The van der Waals surface area contributed by atoms with Crippen molar-refractivity contribution in [3.63, 3.8) is 0 Å². The molecule has 0 aromatic heterocycles. The lowest BCUT2D eigenvalue weighted by molar-refractivity contribution is -0.107. The van der Waals surface area contributed by atoms with Crippen LogP contribution in [-0.4, -0.2) is 6.29 Å². The molecule has 20 heavy (non-hydrogen) atoms. The zero-order valence-corrected chi connectivity index (χ0v) is 13.3. The van der Waals surface area contributed by atoms with Gasteiger partial charge in [0, 0.05) is 5.56 Å². The highest BCUT2D eigenvalue weighted by molar-refractivity contribution is 5.57. The van der Waals surface area contributed by atoms with Gasteiger partial charge in [-0.05, 0) is 53.4 Å². The largest absolute Gasteiger partial charge is 0.302 e. The van der Waals surface area contributed by atoms with Crippen molar-refractivity contribution in [3.8, 4) is 11.8 Å². The maximum Gasteiger partial charge on any atom is 0.131 e. The van der Waals surface area contributed by atoms with Gasteiger partial charge in [-0.2, -0.15) is 0 Å². The van der Waals surface area contributed by atoms with E-state index in [9.17, 15) is 4.79 Å². The molecular formula is C19H24O. The van der Waals surface area contributed by atoms with Crippen LogP contribution in [0.1, 0.15) is 69.2 Å². The summed E-state index contributed by atoms with van der Waals surface area (Å²) >= 11 is 0. The molecule has 0 bridgehead atoms. The second-order valence-electron chi connectivity index (χ2n) is 7.15. The van der Waals surface area contributed by atoms with Gasteiger partial charge < -0.3 is 4.79 Å². The molecule has 0 aliphatic heterocycles. The van der Waals surface area contributed by atoms with Crippen molar-refractivity contribution in [3.05, 3.63) is 34.4 Å². The Morgan fingerprint density at radius 2 is 1.65 bits per heavy atom. The molecule has 1 aliphatic rings. The fraction of sp³-hybridized carbons (Fsp3) is 0.526. The minimum absolute atomic E-state index is 0.208. The number of hydrogen-bond acceptors (Lipinski definition) is 1. The Hall–Kier alpha value is -1.55. The van der Waals surface area contributed by atoms with E-state index in [2.05, 4.69) is 58.6 Å². The van der Waals surface area contributed by atoms with Gasteiger partial charge in [0.1, 0.15) is 6.29 Å². The zero-order chi connectivity index (χ0) is 15.0. The number of carbonyl (C=O) groups excluding carboxylic acids is 1. The fourth-order valence-electron chi connectivity index (χ4n) is 3.04. The summed E-state index contributed by atoms with van der Waals surface area (Å²) in [7, 11) is 0. The summed E-state index contributed by atoms with van der Waals surface area (Å²) in [4.78, 5) is 10.4. The average molecular weight is 268 g/mol. The molecule has 1 aromatic carbocycles. The molecule has 0 heterocycles. The van der Waals surface area contributed by atoms with E-state index in [0.717, 1.165) is 11.8 Å². The van der Waals surface area contributed by atoms with Gasteiger partial charge in [-0.15, -0.1) is 0 Å². The van der Waals surface area contributed by atoms with Crippen molar-refractivity contribution in [1.29, 1.82) is 0 Å². The van der Waals surface area contributed by atoms with Crippen LogP contribution in [0.25, 0.3) is 0 Å². The van der Waals surface area contributed by atoms with Crippen LogP contribution < -0.4 is 0 Å². The molecule has 0 unspecified atom stereocenters. The van der Waals surface area contributed by atoms with E-state index in [1.807, 2.05) is 0 Å². The van der Waals surface area contributed by atoms with Gasteiger partial charge >= 0.3 is 0 Å². The van der Waals surface area contributed by atoms with E-state index in [4.69, 9.17) is 0 Å². The third-order valence-corrected chi connectivity index (χ3v) is 4.61. The smallest absolute Gasteiger partial charge is 0.131 e. The second kappa shape index (κ2) is 5.09. The summed E-state index contributed by atoms with van der Waals surface area (Å²) in [6.45, 7) is 11.4. The quantitative estimate of drug-likeness (QED) is 0.548. The topological polar surface area (TPSA) is 17.1 Å². The van der Waals surface area contributed by atoms with Crippen molar-refractivity contribution in [2.45, 2.75) is 64.7 Å². The van der Waals surface area contributed by atoms with Crippen LogP contribution in [0.4, 0.5) is 0 Å². The first-order valence-corrected chi connectivity index (χ1v) is 7.36. The summed E-state index contributed by atoms with van der Waals surface area (Å²) in [6, 6.07) is 4.56. The number of fused-ring (bicyclic) bond motifs is 1. The molecule has 0 spiro atoms. The summed E-state index contributed by atoms with van der Waals surface area (Å²) in [5.74, 6) is 6.08. The normalized spacial score (nSPS) is 18.6. The summed E-state index contributed by atoms with van der Waals surface area (Å²) < 4.78 is 0. The lowest BCUT2D eigenvalue weighted by Gasteiger charge is -2.42. The predicted molar refractivity (Wildman–Crippen MR) is 84.0 cm³/mol. The van der Waals surface area contributed by atoms with Gasteiger partial charge in [0.15, 0.2) is 0 Å². The van der Waals surface area contributed by atoms with Crippen molar-refractivity contribution in [2.24, 2.45) is 0 Å². The molecule has 0 fully saturated rings. The maximum absolute atomic E-state index is 10.4. The number of aryl methyl sites for hydroxylation is 1. The van der Waals surface area contributed by atoms with Crippen molar-refractivity contribution < 1.29 is 4.79 Å². The lowest BCUT2D eigenvalue weighted by atomic mass is 9.62. The minimum Gasteiger partial charge on any atom is -0.302 e. The second-order valence-corrected chi connectivity index (χ2v) is 7.15. The Morgan fingerprint density at radius 3 is 2.20 bits per heavy atom. The Kier molecular flexibility index (Phi) is 3.78. The van der Waals surface area contributed by atoms with Gasteiger partial charge in [-0.1, -0.05) is 45.6 Å². The predicted octanol–water partition coefficient (Wildman–Crippen LogP) is 4.28. The minimum atomic E-state index is 0.208. The summed E-state index contributed by atoms with van der Waals surface area (Å²) in [5.41, 5.74) is 5.62. The third-order valence-electron chi connectivity index (χ3n) is 4.61. The average Bonchev–Trinajstić information content (AvgIpc) is 2.37. The molecule has 0 saturated heterocycles. The van der Waals surface area contributed by atoms with Gasteiger partial charge in [0.05, 0.1) is 6.42 Å². The van der Waals surface area contributed by atoms with E-state index in [0.29, 0.717) is 6.42 Å². The zero-order valence-electron chi connectivity index (χ0n) is 13.3. The number of carbonyl (C=O) groups is 1. The highest BCUT2D eigenvalue weighted by Crippen LogP contribution is 2.46. The maximum atomic E-state index is 10.4. The lowest BCUT2D eigenvalue weighted by Crippen LogP contribution is -2.34. The molecule has 106 valence electrons. The first kappa shape index (κ1) is 14.9. The Bertz CT molecular complexity index is 594. The van der Waals surface area contributed by atoms with E-state index in [1.165, 1.54) is 29.5 Å². The number of rotatable bonds is 1.